The number of aromatic nitrogens is 2. The molecule has 126 valence electrons. The number of carboxylic acid groups (broad SMARTS) is 1. The average Bonchev–Trinajstić information content (AvgIpc) is 2.54. The molecule has 0 saturated carbocycles. The van der Waals surface area contributed by atoms with E-state index in [-0.39, 0.29) is 31.0 Å². The number of carbonyl (C=O) groups excluding carboxylic acids is 1. The zero-order valence-corrected chi connectivity index (χ0v) is 12.4. The van der Waals surface area contributed by atoms with E-state index in [0.717, 1.165) is 17.0 Å². The molecule has 0 aliphatic heterocycles. The highest BCUT2D eigenvalue weighted by molar-refractivity contribution is 5.96. The molecule has 9 heteroatoms. The molecule has 2 rings (SSSR count). The van der Waals surface area contributed by atoms with E-state index in [1.165, 1.54) is 18.5 Å². The quantitative estimate of drug-likeness (QED) is 0.826. The highest BCUT2D eigenvalue weighted by Crippen LogP contribution is 2.15. The Morgan fingerprint density at radius 3 is 2.50 bits per heavy atom. The van der Waals surface area contributed by atoms with Crippen LogP contribution in [-0.2, 0) is 11.3 Å². The molecular formula is C15H14F2N4O3. The summed E-state index contributed by atoms with van der Waals surface area (Å²) in [4.78, 5) is 32.0. The number of amides is 1. The van der Waals surface area contributed by atoms with E-state index in [1.807, 2.05) is 0 Å². The van der Waals surface area contributed by atoms with E-state index >= 15 is 0 Å². The first-order chi connectivity index (χ1) is 11.4. The molecular weight excluding hydrogens is 322 g/mol. The number of rotatable bonds is 6. The minimum absolute atomic E-state index is 0.104. The van der Waals surface area contributed by atoms with Gasteiger partial charge in [0.05, 0.1) is 6.42 Å². The van der Waals surface area contributed by atoms with Gasteiger partial charge in [-0.25, -0.2) is 18.7 Å². The minimum Gasteiger partial charge on any atom is -0.481 e. The zero-order chi connectivity index (χ0) is 17.7. The van der Waals surface area contributed by atoms with E-state index in [1.54, 1.807) is 0 Å². The fourth-order valence-electron chi connectivity index (χ4n) is 2.00. The third kappa shape index (κ3) is 4.22. The van der Waals surface area contributed by atoms with Crippen LogP contribution in [0, 0.1) is 11.6 Å². The first-order valence-electron chi connectivity index (χ1n) is 6.90. The predicted octanol–water partition coefficient (Wildman–Crippen LogP) is 1.45. The third-order valence-corrected chi connectivity index (χ3v) is 3.17. The summed E-state index contributed by atoms with van der Waals surface area (Å²) in [7, 11) is 0. The van der Waals surface area contributed by atoms with Gasteiger partial charge in [-0.1, -0.05) is 6.07 Å². The van der Waals surface area contributed by atoms with Gasteiger partial charge in [-0.3, -0.25) is 9.59 Å². The highest BCUT2D eigenvalue weighted by atomic mass is 19.2. The Bertz CT molecular complexity index is 770. The summed E-state index contributed by atoms with van der Waals surface area (Å²) in [5, 5.41) is 8.82. The van der Waals surface area contributed by atoms with Crippen molar-refractivity contribution in [2.24, 2.45) is 0 Å². The van der Waals surface area contributed by atoms with Crippen molar-refractivity contribution in [1.82, 2.24) is 14.9 Å². The number of aliphatic carboxylic acids is 1. The molecule has 1 aromatic carbocycles. The summed E-state index contributed by atoms with van der Waals surface area (Å²) < 4.78 is 26.3. The molecule has 7 nitrogen and oxygen atoms in total. The summed E-state index contributed by atoms with van der Waals surface area (Å²) in [6, 6.07) is 3.18. The first kappa shape index (κ1) is 17.3. The number of anilines is 1. The van der Waals surface area contributed by atoms with Crippen molar-refractivity contribution in [3.05, 3.63) is 53.5 Å². The Kier molecular flexibility index (Phi) is 5.35. The van der Waals surface area contributed by atoms with Crippen LogP contribution in [0.2, 0.25) is 0 Å². The van der Waals surface area contributed by atoms with Crippen molar-refractivity contribution in [3.8, 4) is 0 Å². The number of nitrogens with zero attached hydrogens (tertiary/aromatic N) is 3. The molecule has 0 aliphatic rings. The molecule has 1 aromatic heterocycles. The number of benzene rings is 1. The highest BCUT2D eigenvalue weighted by Gasteiger charge is 2.21. The monoisotopic (exact) mass is 336 g/mol. The molecule has 2 aromatic rings. The van der Waals surface area contributed by atoms with Crippen LogP contribution in [0.15, 0.2) is 30.6 Å². The Labute approximate surface area is 135 Å². The van der Waals surface area contributed by atoms with E-state index in [9.17, 15) is 18.4 Å². The molecule has 1 amide bonds. The fourth-order valence-corrected chi connectivity index (χ4v) is 2.00. The molecule has 0 spiro atoms. The lowest BCUT2D eigenvalue weighted by molar-refractivity contribution is -0.137. The van der Waals surface area contributed by atoms with Crippen molar-refractivity contribution in [2.75, 3.05) is 12.3 Å². The van der Waals surface area contributed by atoms with Crippen LogP contribution in [0.5, 0.6) is 0 Å². The minimum atomic E-state index is -1.11. The van der Waals surface area contributed by atoms with Crippen LogP contribution in [0.4, 0.5) is 14.6 Å². The lowest BCUT2D eigenvalue weighted by Crippen LogP contribution is -2.34. The number of hydrogen-bond acceptors (Lipinski definition) is 5. The topological polar surface area (TPSA) is 109 Å². The summed E-state index contributed by atoms with van der Waals surface area (Å²) in [6.07, 6.45) is 2.26. The van der Waals surface area contributed by atoms with Crippen LogP contribution in [0.3, 0.4) is 0 Å². The third-order valence-electron chi connectivity index (χ3n) is 3.17. The Hall–Kier alpha value is -3.10. The number of nitrogen functional groups attached to an aromatic ring is 1. The Morgan fingerprint density at radius 1 is 1.17 bits per heavy atom. The maximum atomic E-state index is 13.3. The maximum absolute atomic E-state index is 13.3. The van der Waals surface area contributed by atoms with Crippen molar-refractivity contribution in [2.45, 2.75) is 13.0 Å². The molecule has 0 saturated heterocycles. The van der Waals surface area contributed by atoms with Gasteiger partial charge in [-0.05, 0) is 17.7 Å². The SMILES string of the molecule is Nc1nccnc1C(=O)N(CCC(=O)O)Cc1ccc(F)c(F)c1. The van der Waals surface area contributed by atoms with Gasteiger partial charge in [0.2, 0.25) is 0 Å². The average molecular weight is 336 g/mol. The number of nitrogens with two attached hydrogens (primary N) is 1. The summed E-state index contributed by atoms with van der Waals surface area (Å²) in [6.45, 7) is -0.275. The molecule has 24 heavy (non-hydrogen) atoms. The molecule has 0 radical (unpaired) electrons. The van der Waals surface area contributed by atoms with Gasteiger partial charge in [0.25, 0.3) is 5.91 Å². The molecule has 0 fully saturated rings. The van der Waals surface area contributed by atoms with Gasteiger partial charge in [-0.15, -0.1) is 0 Å². The largest absolute Gasteiger partial charge is 0.481 e. The van der Waals surface area contributed by atoms with E-state index in [4.69, 9.17) is 10.8 Å². The van der Waals surface area contributed by atoms with Crippen LogP contribution in [0.1, 0.15) is 22.5 Å². The normalized spacial score (nSPS) is 10.4. The zero-order valence-electron chi connectivity index (χ0n) is 12.4. The number of halogens is 2. The molecule has 0 aliphatic carbocycles. The van der Waals surface area contributed by atoms with Gasteiger partial charge in [-0.2, -0.15) is 0 Å². The molecule has 0 unspecified atom stereocenters. The van der Waals surface area contributed by atoms with E-state index < -0.39 is 23.5 Å². The van der Waals surface area contributed by atoms with Gasteiger partial charge in [0.1, 0.15) is 0 Å². The number of carboxylic acids is 1. The van der Waals surface area contributed by atoms with Crippen molar-refractivity contribution < 1.29 is 23.5 Å². The van der Waals surface area contributed by atoms with E-state index in [0.29, 0.717) is 5.56 Å². The predicted molar refractivity (Wildman–Crippen MR) is 79.8 cm³/mol. The van der Waals surface area contributed by atoms with E-state index in [2.05, 4.69) is 9.97 Å². The van der Waals surface area contributed by atoms with Gasteiger partial charge < -0.3 is 15.7 Å². The van der Waals surface area contributed by atoms with Crippen LogP contribution >= 0.6 is 0 Å². The Balaban J connectivity index is 2.26. The van der Waals surface area contributed by atoms with Gasteiger partial charge >= 0.3 is 5.97 Å². The van der Waals surface area contributed by atoms with Gasteiger partial charge in [0.15, 0.2) is 23.1 Å². The second-order valence-electron chi connectivity index (χ2n) is 4.91. The first-order valence-corrected chi connectivity index (χ1v) is 6.90. The van der Waals surface area contributed by atoms with Gasteiger partial charge in [0, 0.05) is 25.5 Å². The fraction of sp³-hybridized carbons (Fsp3) is 0.200. The maximum Gasteiger partial charge on any atom is 0.305 e. The van der Waals surface area contributed by atoms with Crippen molar-refractivity contribution in [3.63, 3.8) is 0 Å². The lowest BCUT2D eigenvalue weighted by Gasteiger charge is -2.22. The summed E-state index contributed by atoms with van der Waals surface area (Å²) >= 11 is 0. The molecule has 1 heterocycles. The van der Waals surface area contributed by atoms with Crippen LogP contribution in [0.25, 0.3) is 0 Å². The van der Waals surface area contributed by atoms with Crippen molar-refractivity contribution in [1.29, 1.82) is 0 Å². The lowest BCUT2D eigenvalue weighted by atomic mass is 10.2. The second kappa shape index (κ2) is 7.44. The summed E-state index contributed by atoms with van der Waals surface area (Å²) in [5.41, 5.74) is 5.77. The summed E-state index contributed by atoms with van der Waals surface area (Å²) in [5.74, 6) is -3.93. The molecule has 3 N–H and O–H groups in total. The second-order valence-corrected chi connectivity index (χ2v) is 4.91. The standard InChI is InChI=1S/C15H14F2N4O3/c16-10-2-1-9(7-11(10)17)8-21(6-3-12(22)23)15(24)13-14(18)20-5-4-19-13/h1-2,4-5,7H,3,6,8H2,(H2,18,20)(H,22,23). The Morgan fingerprint density at radius 2 is 1.88 bits per heavy atom. The number of carbonyl (C=O) groups is 2. The van der Waals surface area contributed by atoms with Crippen LogP contribution < -0.4 is 5.73 Å². The smallest absolute Gasteiger partial charge is 0.305 e. The van der Waals surface area contributed by atoms with Crippen LogP contribution in [-0.4, -0.2) is 38.4 Å². The van der Waals surface area contributed by atoms with Crippen molar-refractivity contribution >= 4 is 17.7 Å². The molecule has 0 atom stereocenters. The number of hydrogen-bond donors (Lipinski definition) is 2. The molecule has 0 bridgehead atoms.